The lowest BCUT2D eigenvalue weighted by molar-refractivity contribution is -0.116. The number of thioether (sulfide) groups is 1. The predicted molar refractivity (Wildman–Crippen MR) is 194 cm³/mol. The van der Waals surface area contributed by atoms with E-state index in [9.17, 15) is 24.3 Å². The van der Waals surface area contributed by atoms with E-state index in [1.807, 2.05) is 30.3 Å². The number of ether oxygens (including phenoxy) is 2. The molecule has 0 aromatic heterocycles. The molecule has 0 heterocycles. The second kappa shape index (κ2) is 16.7. The lowest BCUT2D eigenvalue weighted by Gasteiger charge is -2.18. The average Bonchev–Trinajstić information content (AvgIpc) is 3.15. The van der Waals surface area contributed by atoms with Gasteiger partial charge < -0.3 is 30.5 Å². The zero-order valence-corrected chi connectivity index (χ0v) is 27.9. The Labute approximate surface area is 293 Å². The number of carboxylic acid groups (broad SMARTS) is 1. The Kier molecular flexibility index (Phi) is 11.7. The monoisotopic (exact) mass is 687 g/mol. The first-order valence-electron chi connectivity index (χ1n) is 15.3. The molecule has 1 unspecified atom stereocenters. The van der Waals surface area contributed by atoms with Crippen LogP contribution in [0.4, 0.5) is 11.4 Å². The second-order valence-corrected chi connectivity index (χ2v) is 11.9. The van der Waals surface area contributed by atoms with E-state index in [1.54, 1.807) is 84.9 Å². The number of carboxylic acids is 1. The Morgan fingerprint density at radius 2 is 1.32 bits per heavy atom. The van der Waals surface area contributed by atoms with Gasteiger partial charge in [-0.2, -0.15) is 0 Å². The van der Waals surface area contributed by atoms with Crippen molar-refractivity contribution in [2.24, 2.45) is 0 Å². The highest BCUT2D eigenvalue weighted by Crippen LogP contribution is 2.37. The van der Waals surface area contributed by atoms with Crippen LogP contribution in [0.5, 0.6) is 11.5 Å². The largest absolute Gasteiger partial charge is 0.497 e. The van der Waals surface area contributed by atoms with Crippen LogP contribution < -0.4 is 25.4 Å². The van der Waals surface area contributed by atoms with E-state index >= 15 is 0 Å². The lowest BCUT2D eigenvalue weighted by Crippen LogP contribution is -2.30. The van der Waals surface area contributed by atoms with E-state index in [0.29, 0.717) is 34.0 Å². The Morgan fingerprint density at radius 3 is 1.94 bits per heavy atom. The first-order chi connectivity index (χ1) is 24.2. The number of anilines is 2. The molecule has 4 N–H and O–H groups in total. The number of carbonyl (C=O) groups is 4. The van der Waals surface area contributed by atoms with Gasteiger partial charge in [0.25, 0.3) is 11.8 Å². The summed E-state index contributed by atoms with van der Waals surface area (Å²) in [6.07, 6.45) is 1.52. The summed E-state index contributed by atoms with van der Waals surface area (Å²) in [5.74, 6) is -1.37. The number of benzene rings is 5. The van der Waals surface area contributed by atoms with Crippen LogP contribution in [0.1, 0.15) is 37.1 Å². The molecule has 0 radical (unpaired) electrons. The average molecular weight is 688 g/mol. The number of carbonyl (C=O) groups excluding carboxylic acids is 3. The molecule has 10 nitrogen and oxygen atoms in total. The number of amides is 3. The van der Waals surface area contributed by atoms with Gasteiger partial charge in [-0.3, -0.25) is 14.4 Å². The zero-order valence-electron chi connectivity index (χ0n) is 27.1. The van der Waals surface area contributed by atoms with Gasteiger partial charge in [0, 0.05) is 33.5 Å². The van der Waals surface area contributed by atoms with Gasteiger partial charge in [-0.1, -0.05) is 48.5 Å². The standard InChI is InChI=1S/C39H33N3O7S/c1-48-31-20-15-28(34(24-31)49-2)23-33(42-36(43)26-11-7-4-8-12-26)37(44)40-30-18-21-32(22-19-30)50-35(25-9-5-3-6-10-25)38(45)41-29-16-13-27(14-17-29)39(46)47/h3-24,35H,1-2H3,(H,40,44)(H,41,45)(H,42,43)(H,46,47)/b33-23-. The third-order valence-corrected chi connectivity index (χ3v) is 8.64. The van der Waals surface area contributed by atoms with Gasteiger partial charge in [0.05, 0.1) is 19.8 Å². The van der Waals surface area contributed by atoms with Gasteiger partial charge in [-0.05, 0) is 84.4 Å². The van der Waals surface area contributed by atoms with E-state index in [2.05, 4.69) is 16.0 Å². The molecule has 252 valence electrons. The molecule has 5 aromatic rings. The smallest absolute Gasteiger partial charge is 0.335 e. The normalized spacial score (nSPS) is 11.5. The molecule has 0 saturated carbocycles. The van der Waals surface area contributed by atoms with E-state index in [-0.39, 0.29) is 17.2 Å². The molecule has 0 spiro atoms. The molecule has 5 rings (SSSR count). The first kappa shape index (κ1) is 35.0. The number of nitrogens with one attached hydrogen (secondary N) is 3. The van der Waals surface area contributed by atoms with Gasteiger partial charge in [-0.25, -0.2) is 4.79 Å². The third kappa shape index (κ3) is 9.18. The fraction of sp³-hybridized carbons (Fsp3) is 0.0769. The van der Waals surface area contributed by atoms with Crippen LogP contribution in [0.2, 0.25) is 0 Å². The maximum Gasteiger partial charge on any atom is 0.335 e. The third-order valence-electron chi connectivity index (χ3n) is 7.38. The van der Waals surface area contributed by atoms with Crippen LogP contribution >= 0.6 is 11.8 Å². The molecule has 5 aromatic carbocycles. The number of hydrogen-bond donors (Lipinski definition) is 4. The minimum Gasteiger partial charge on any atom is -0.497 e. The molecule has 0 aliphatic rings. The highest BCUT2D eigenvalue weighted by molar-refractivity contribution is 8.00. The molecular weight excluding hydrogens is 655 g/mol. The van der Waals surface area contributed by atoms with Crippen LogP contribution in [0.3, 0.4) is 0 Å². The maximum atomic E-state index is 13.6. The van der Waals surface area contributed by atoms with Crippen molar-refractivity contribution in [2.75, 3.05) is 24.9 Å². The zero-order chi connectivity index (χ0) is 35.5. The summed E-state index contributed by atoms with van der Waals surface area (Å²) in [5.41, 5.74) is 2.72. The van der Waals surface area contributed by atoms with Crippen molar-refractivity contribution in [3.05, 3.63) is 155 Å². The SMILES string of the molecule is COc1ccc(/C=C(\NC(=O)c2ccccc2)C(=O)Nc2ccc(SC(C(=O)Nc3ccc(C(=O)O)cc3)c3ccccc3)cc2)c(OC)c1. The first-order valence-corrected chi connectivity index (χ1v) is 16.2. The summed E-state index contributed by atoms with van der Waals surface area (Å²) < 4.78 is 10.8. The summed E-state index contributed by atoms with van der Waals surface area (Å²) in [7, 11) is 3.03. The van der Waals surface area contributed by atoms with Crippen molar-refractivity contribution >= 4 is 52.9 Å². The summed E-state index contributed by atoms with van der Waals surface area (Å²) in [4.78, 5) is 52.2. The van der Waals surface area contributed by atoms with Crippen LogP contribution in [-0.2, 0) is 9.59 Å². The van der Waals surface area contributed by atoms with Crippen molar-refractivity contribution in [3.63, 3.8) is 0 Å². The van der Waals surface area contributed by atoms with Crippen molar-refractivity contribution in [1.29, 1.82) is 0 Å². The predicted octanol–water partition coefficient (Wildman–Crippen LogP) is 7.28. The van der Waals surface area contributed by atoms with E-state index < -0.39 is 23.0 Å². The molecule has 0 bridgehead atoms. The highest BCUT2D eigenvalue weighted by Gasteiger charge is 2.23. The molecular formula is C39H33N3O7S. The summed E-state index contributed by atoms with van der Waals surface area (Å²) in [6, 6.07) is 35.8. The minimum atomic E-state index is -1.05. The number of rotatable bonds is 13. The Morgan fingerprint density at radius 1 is 0.700 bits per heavy atom. The van der Waals surface area contributed by atoms with Gasteiger partial charge in [-0.15, -0.1) is 11.8 Å². The summed E-state index contributed by atoms with van der Waals surface area (Å²) in [5, 5.41) is 17.0. The van der Waals surface area contributed by atoms with Crippen LogP contribution in [0.15, 0.2) is 138 Å². The quantitative estimate of drug-likeness (QED) is 0.0747. The van der Waals surface area contributed by atoms with Gasteiger partial charge in [0.1, 0.15) is 22.4 Å². The van der Waals surface area contributed by atoms with E-state index in [0.717, 1.165) is 10.5 Å². The van der Waals surface area contributed by atoms with Gasteiger partial charge in [0.15, 0.2) is 0 Å². The fourth-order valence-electron chi connectivity index (χ4n) is 4.79. The van der Waals surface area contributed by atoms with Crippen LogP contribution in [-0.4, -0.2) is 43.0 Å². The van der Waals surface area contributed by atoms with Crippen LogP contribution in [0, 0.1) is 0 Å². The molecule has 0 saturated heterocycles. The molecule has 50 heavy (non-hydrogen) atoms. The fourth-order valence-corrected chi connectivity index (χ4v) is 5.82. The molecule has 3 amide bonds. The van der Waals surface area contributed by atoms with Gasteiger partial charge >= 0.3 is 5.97 Å². The Bertz CT molecular complexity index is 2000. The molecule has 11 heteroatoms. The molecule has 0 aliphatic carbocycles. The molecule has 1 atom stereocenters. The van der Waals surface area contributed by atoms with Gasteiger partial charge in [0.2, 0.25) is 5.91 Å². The topological polar surface area (TPSA) is 143 Å². The molecule has 0 aliphatic heterocycles. The van der Waals surface area contributed by atoms with Crippen molar-refractivity contribution in [1.82, 2.24) is 5.32 Å². The number of methoxy groups -OCH3 is 2. The lowest BCUT2D eigenvalue weighted by atomic mass is 10.1. The van der Waals surface area contributed by atoms with E-state index in [1.165, 1.54) is 44.2 Å². The maximum absolute atomic E-state index is 13.6. The van der Waals surface area contributed by atoms with Crippen LogP contribution in [0.25, 0.3) is 6.08 Å². The Hall–Kier alpha value is -6.33. The number of aromatic carboxylic acids is 1. The Balaban J connectivity index is 1.35. The summed E-state index contributed by atoms with van der Waals surface area (Å²) >= 11 is 1.31. The number of hydrogen-bond acceptors (Lipinski definition) is 7. The van der Waals surface area contributed by atoms with Crippen molar-refractivity contribution in [2.45, 2.75) is 10.1 Å². The van der Waals surface area contributed by atoms with Crippen molar-refractivity contribution < 1.29 is 33.8 Å². The minimum absolute atomic E-state index is 0.0158. The van der Waals surface area contributed by atoms with E-state index in [4.69, 9.17) is 9.47 Å². The van der Waals surface area contributed by atoms with Crippen molar-refractivity contribution in [3.8, 4) is 11.5 Å². The molecule has 0 fully saturated rings. The summed E-state index contributed by atoms with van der Waals surface area (Å²) in [6.45, 7) is 0. The highest BCUT2D eigenvalue weighted by atomic mass is 32.2. The second-order valence-electron chi connectivity index (χ2n) is 10.7.